The number of benzene rings is 2. The minimum absolute atomic E-state index is 0.234. The Morgan fingerprint density at radius 3 is 2.35 bits per heavy atom. The fourth-order valence-electron chi connectivity index (χ4n) is 2.14. The molecule has 0 radical (unpaired) electrons. The Kier molecular flexibility index (Phi) is 6.18. The van der Waals surface area contributed by atoms with E-state index in [0.717, 1.165) is 5.56 Å². The van der Waals surface area contributed by atoms with Crippen LogP contribution in [0.3, 0.4) is 0 Å². The fraction of sp³-hybridized carbons (Fsp3) is 0.222. The number of anilines is 1. The first-order valence-corrected chi connectivity index (χ1v) is 7.75. The average molecular weight is 332 g/mol. The summed E-state index contributed by atoms with van der Waals surface area (Å²) in [5.74, 6) is -1.81. The van der Waals surface area contributed by atoms with Crippen LogP contribution in [0.2, 0.25) is 5.02 Å². The highest BCUT2D eigenvalue weighted by molar-refractivity contribution is 6.30. The van der Waals surface area contributed by atoms with E-state index in [9.17, 15) is 9.59 Å². The molecule has 0 bridgehead atoms. The van der Waals surface area contributed by atoms with Gasteiger partial charge in [-0.1, -0.05) is 41.9 Å². The lowest BCUT2D eigenvalue weighted by Gasteiger charge is -2.16. The molecule has 1 N–H and O–H groups in total. The molecule has 5 heteroatoms. The predicted molar refractivity (Wildman–Crippen MR) is 90.4 cm³/mol. The number of halogens is 1. The number of rotatable bonds is 6. The van der Waals surface area contributed by atoms with Crippen molar-refractivity contribution in [3.05, 3.63) is 65.2 Å². The van der Waals surface area contributed by atoms with Crippen LogP contribution < -0.4 is 5.32 Å². The van der Waals surface area contributed by atoms with Gasteiger partial charge >= 0.3 is 5.97 Å². The van der Waals surface area contributed by atoms with E-state index in [1.165, 1.54) is 0 Å². The molecule has 0 saturated heterocycles. The second kappa shape index (κ2) is 8.34. The summed E-state index contributed by atoms with van der Waals surface area (Å²) in [6.07, 6.45) is 0.291. The molecule has 1 unspecified atom stereocenters. The van der Waals surface area contributed by atoms with Gasteiger partial charge in [0.15, 0.2) is 0 Å². The molecule has 0 saturated carbocycles. The summed E-state index contributed by atoms with van der Waals surface area (Å²) in [7, 11) is 0. The first-order valence-electron chi connectivity index (χ1n) is 7.37. The lowest BCUT2D eigenvalue weighted by molar-refractivity contribution is -0.150. The van der Waals surface area contributed by atoms with Crippen LogP contribution in [-0.4, -0.2) is 18.5 Å². The van der Waals surface area contributed by atoms with E-state index in [0.29, 0.717) is 17.1 Å². The zero-order valence-corrected chi connectivity index (χ0v) is 13.5. The van der Waals surface area contributed by atoms with Gasteiger partial charge in [0, 0.05) is 10.7 Å². The second-order valence-electron chi connectivity index (χ2n) is 4.99. The van der Waals surface area contributed by atoms with Crippen LogP contribution in [0.15, 0.2) is 54.6 Å². The van der Waals surface area contributed by atoms with Crippen molar-refractivity contribution in [1.29, 1.82) is 0 Å². The number of amides is 1. The molecule has 0 aliphatic carbocycles. The summed E-state index contributed by atoms with van der Waals surface area (Å²) in [6.45, 7) is 1.95. The van der Waals surface area contributed by atoms with Gasteiger partial charge in [0.1, 0.15) is 5.92 Å². The first kappa shape index (κ1) is 17.0. The Bertz CT molecular complexity index is 656. The average Bonchev–Trinajstić information content (AvgIpc) is 2.56. The van der Waals surface area contributed by atoms with E-state index < -0.39 is 17.8 Å². The normalized spacial score (nSPS) is 11.6. The van der Waals surface area contributed by atoms with Crippen LogP contribution in [0, 0.1) is 5.92 Å². The molecule has 23 heavy (non-hydrogen) atoms. The van der Waals surface area contributed by atoms with Crippen molar-refractivity contribution in [3.63, 3.8) is 0 Å². The quantitative estimate of drug-likeness (QED) is 0.648. The van der Waals surface area contributed by atoms with Gasteiger partial charge in [-0.25, -0.2) is 0 Å². The summed E-state index contributed by atoms with van der Waals surface area (Å²) >= 11 is 5.82. The summed E-state index contributed by atoms with van der Waals surface area (Å²) in [5, 5.41) is 3.31. The third kappa shape index (κ3) is 5.11. The zero-order chi connectivity index (χ0) is 16.7. The summed E-state index contributed by atoms with van der Waals surface area (Å²) < 4.78 is 5.03. The fourth-order valence-corrected chi connectivity index (χ4v) is 2.26. The van der Waals surface area contributed by atoms with Crippen molar-refractivity contribution >= 4 is 29.2 Å². The van der Waals surface area contributed by atoms with Gasteiger partial charge in [-0.2, -0.15) is 0 Å². The Morgan fingerprint density at radius 1 is 1.09 bits per heavy atom. The predicted octanol–water partition coefficient (Wildman–Crippen LogP) is 3.70. The molecule has 4 nitrogen and oxygen atoms in total. The lowest BCUT2D eigenvalue weighted by Crippen LogP contribution is -2.33. The molecule has 0 fully saturated rings. The monoisotopic (exact) mass is 331 g/mol. The minimum Gasteiger partial charge on any atom is -0.465 e. The van der Waals surface area contributed by atoms with Gasteiger partial charge in [0.2, 0.25) is 5.91 Å². The number of hydrogen-bond acceptors (Lipinski definition) is 3. The van der Waals surface area contributed by atoms with Gasteiger partial charge in [-0.3, -0.25) is 9.59 Å². The minimum atomic E-state index is -0.895. The maximum Gasteiger partial charge on any atom is 0.318 e. The van der Waals surface area contributed by atoms with Crippen molar-refractivity contribution in [2.24, 2.45) is 5.92 Å². The van der Waals surface area contributed by atoms with Crippen LogP contribution in [0.4, 0.5) is 5.69 Å². The van der Waals surface area contributed by atoms with Crippen LogP contribution in [0.1, 0.15) is 12.5 Å². The van der Waals surface area contributed by atoms with E-state index in [-0.39, 0.29) is 6.61 Å². The summed E-state index contributed by atoms with van der Waals surface area (Å²) in [6, 6.07) is 16.1. The first-order chi connectivity index (χ1) is 11.1. The van der Waals surface area contributed by atoms with Crippen molar-refractivity contribution in [3.8, 4) is 0 Å². The van der Waals surface area contributed by atoms with E-state index in [1.54, 1.807) is 31.2 Å². The molecular formula is C18H18ClNO3. The maximum absolute atomic E-state index is 12.5. The Morgan fingerprint density at radius 2 is 1.74 bits per heavy atom. The van der Waals surface area contributed by atoms with E-state index in [2.05, 4.69) is 5.32 Å². The van der Waals surface area contributed by atoms with Gasteiger partial charge in [-0.05, 0) is 43.2 Å². The summed E-state index contributed by atoms with van der Waals surface area (Å²) in [5.41, 5.74) is 1.48. The number of nitrogens with one attached hydrogen (secondary N) is 1. The van der Waals surface area contributed by atoms with E-state index >= 15 is 0 Å². The van der Waals surface area contributed by atoms with Crippen LogP contribution in [-0.2, 0) is 20.7 Å². The highest BCUT2D eigenvalue weighted by Gasteiger charge is 2.28. The number of carbonyl (C=O) groups is 2. The van der Waals surface area contributed by atoms with Crippen LogP contribution >= 0.6 is 11.6 Å². The van der Waals surface area contributed by atoms with Crippen molar-refractivity contribution < 1.29 is 14.3 Å². The molecule has 2 aromatic rings. The molecule has 0 heterocycles. The molecule has 0 aliphatic heterocycles. The number of carbonyl (C=O) groups excluding carboxylic acids is 2. The number of esters is 1. The third-order valence-electron chi connectivity index (χ3n) is 3.28. The largest absolute Gasteiger partial charge is 0.465 e. The number of ether oxygens (including phenoxy) is 1. The van der Waals surface area contributed by atoms with E-state index in [4.69, 9.17) is 16.3 Å². The molecule has 2 aromatic carbocycles. The van der Waals surface area contributed by atoms with Gasteiger partial charge in [0.05, 0.1) is 6.61 Å². The maximum atomic E-state index is 12.5. The van der Waals surface area contributed by atoms with E-state index in [1.807, 2.05) is 30.3 Å². The molecule has 0 aliphatic rings. The lowest BCUT2D eigenvalue weighted by atomic mass is 9.98. The molecular weight excluding hydrogens is 314 g/mol. The molecule has 120 valence electrons. The second-order valence-corrected chi connectivity index (χ2v) is 5.43. The topological polar surface area (TPSA) is 55.4 Å². The van der Waals surface area contributed by atoms with Gasteiger partial charge < -0.3 is 10.1 Å². The van der Waals surface area contributed by atoms with Crippen molar-refractivity contribution in [1.82, 2.24) is 0 Å². The standard InChI is InChI=1S/C18H18ClNO3/c1-2-23-18(22)16(12-13-6-4-3-5-7-13)17(21)20-15-10-8-14(19)9-11-15/h3-11,16H,2,12H2,1H3,(H,20,21). The molecule has 0 spiro atoms. The van der Waals surface area contributed by atoms with Crippen LogP contribution in [0.5, 0.6) is 0 Å². The molecule has 2 rings (SSSR count). The highest BCUT2D eigenvalue weighted by atomic mass is 35.5. The third-order valence-corrected chi connectivity index (χ3v) is 3.53. The van der Waals surface area contributed by atoms with Gasteiger partial charge in [-0.15, -0.1) is 0 Å². The van der Waals surface area contributed by atoms with Crippen molar-refractivity contribution in [2.75, 3.05) is 11.9 Å². The Hall–Kier alpha value is -2.33. The summed E-state index contributed by atoms with van der Waals surface area (Å²) in [4.78, 5) is 24.6. The molecule has 1 amide bonds. The SMILES string of the molecule is CCOC(=O)C(Cc1ccccc1)C(=O)Nc1ccc(Cl)cc1. The molecule has 0 aromatic heterocycles. The zero-order valence-electron chi connectivity index (χ0n) is 12.8. The molecule has 1 atom stereocenters. The van der Waals surface area contributed by atoms with Crippen molar-refractivity contribution in [2.45, 2.75) is 13.3 Å². The highest BCUT2D eigenvalue weighted by Crippen LogP contribution is 2.17. The Balaban J connectivity index is 2.13. The van der Waals surface area contributed by atoms with Crippen LogP contribution in [0.25, 0.3) is 0 Å². The van der Waals surface area contributed by atoms with Gasteiger partial charge in [0.25, 0.3) is 0 Å². The smallest absolute Gasteiger partial charge is 0.318 e. The Labute approximate surface area is 140 Å². The number of hydrogen-bond donors (Lipinski definition) is 1.